The quantitative estimate of drug-likeness (QED) is 0.211. The van der Waals surface area contributed by atoms with Crippen molar-refractivity contribution in [3.8, 4) is 0 Å². The zero-order chi connectivity index (χ0) is 29.4. The minimum absolute atomic E-state index is 0.255. The van der Waals surface area contributed by atoms with E-state index < -0.39 is 0 Å². The normalized spacial score (nSPS) is 26.1. The van der Waals surface area contributed by atoms with Gasteiger partial charge in [0.2, 0.25) is 0 Å². The van der Waals surface area contributed by atoms with Gasteiger partial charge in [-0.15, -0.1) is 0 Å². The third-order valence-electron chi connectivity index (χ3n) is 9.16. The molecule has 0 saturated heterocycles. The SMILES string of the molecule is CC1=C(/C=C/C=C/C=C/C2(C)CC(/C=C/C=C(C)/C=C/C3=C(C)CCCC3(C)C)=CC=C2C=O)C(C)(C)CCC1. The van der Waals surface area contributed by atoms with Crippen molar-refractivity contribution in [2.45, 2.75) is 100 Å². The largest absolute Gasteiger partial charge is 0.298 e. The van der Waals surface area contributed by atoms with Crippen LogP contribution >= 0.6 is 0 Å². The van der Waals surface area contributed by atoms with E-state index in [-0.39, 0.29) is 16.2 Å². The Morgan fingerprint density at radius 2 is 1.35 bits per heavy atom. The Morgan fingerprint density at radius 3 is 1.95 bits per heavy atom. The number of rotatable bonds is 9. The van der Waals surface area contributed by atoms with Gasteiger partial charge in [0.05, 0.1) is 0 Å². The lowest BCUT2D eigenvalue weighted by Gasteiger charge is -2.32. The average Bonchev–Trinajstić information content (AvgIpc) is 2.86. The minimum Gasteiger partial charge on any atom is -0.298 e. The van der Waals surface area contributed by atoms with Gasteiger partial charge < -0.3 is 0 Å². The molecule has 0 radical (unpaired) electrons. The fraction of sp³-hybridized carbons (Fsp3) is 0.462. The molecule has 3 aliphatic carbocycles. The van der Waals surface area contributed by atoms with Crippen molar-refractivity contribution in [1.29, 1.82) is 0 Å². The molecule has 0 aromatic carbocycles. The Morgan fingerprint density at radius 1 is 0.750 bits per heavy atom. The molecule has 0 aromatic rings. The van der Waals surface area contributed by atoms with Crippen molar-refractivity contribution in [3.05, 3.63) is 118 Å². The first-order chi connectivity index (χ1) is 18.9. The van der Waals surface area contributed by atoms with Crippen LogP contribution in [0, 0.1) is 16.2 Å². The zero-order valence-electron chi connectivity index (χ0n) is 26.4. The first-order valence-electron chi connectivity index (χ1n) is 15.2. The molecule has 0 fully saturated rings. The molecule has 0 N–H and O–H groups in total. The lowest BCUT2D eigenvalue weighted by molar-refractivity contribution is -0.105. The van der Waals surface area contributed by atoms with E-state index in [2.05, 4.69) is 128 Å². The summed E-state index contributed by atoms with van der Waals surface area (Å²) < 4.78 is 0. The second-order valence-corrected chi connectivity index (χ2v) is 13.6. The molecule has 0 amide bonds. The Hall–Kier alpha value is -2.93. The van der Waals surface area contributed by atoms with Crippen molar-refractivity contribution in [2.75, 3.05) is 0 Å². The summed E-state index contributed by atoms with van der Waals surface area (Å²) in [5.41, 5.74) is 9.50. The molecule has 214 valence electrons. The van der Waals surface area contributed by atoms with E-state index in [0.29, 0.717) is 0 Å². The molecule has 0 heterocycles. The van der Waals surface area contributed by atoms with E-state index in [0.717, 1.165) is 18.3 Å². The van der Waals surface area contributed by atoms with Crippen LogP contribution in [0.25, 0.3) is 0 Å². The molecule has 0 aliphatic heterocycles. The van der Waals surface area contributed by atoms with Gasteiger partial charge in [0.25, 0.3) is 0 Å². The Kier molecular flexibility index (Phi) is 10.8. The van der Waals surface area contributed by atoms with Crippen LogP contribution in [0.1, 0.15) is 100 Å². The first-order valence-corrected chi connectivity index (χ1v) is 15.2. The second-order valence-electron chi connectivity index (χ2n) is 13.6. The topological polar surface area (TPSA) is 17.1 Å². The van der Waals surface area contributed by atoms with Crippen LogP contribution in [0.5, 0.6) is 0 Å². The van der Waals surface area contributed by atoms with E-state index in [1.807, 2.05) is 6.08 Å². The maximum absolute atomic E-state index is 11.9. The highest BCUT2D eigenvalue weighted by Gasteiger charge is 2.29. The molecule has 40 heavy (non-hydrogen) atoms. The molecular weight excluding hydrogens is 484 g/mol. The van der Waals surface area contributed by atoms with Crippen molar-refractivity contribution in [1.82, 2.24) is 0 Å². The molecule has 0 saturated carbocycles. The minimum atomic E-state index is -0.316. The lowest BCUT2D eigenvalue weighted by Crippen LogP contribution is -2.20. The van der Waals surface area contributed by atoms with Gasteiger partial charge in [0.1, 0.15) is 6.29 Å². The van der Waals surface area contributed by atoms with Crippen LogP contribution in [0.3, 0.4) is 0 Å². The van der Waals surface area contributed by atoms with E-state index in [1.54, 1.807) is 0 Å². The Bertz CT molecular complexity index is 1260. The van der Waals surface area contributed by atoms with Gasteiger partial charge in [0, 0.05) is 11.0 Å². The number of aldehydes is 1. The highest BCUT2D eigenvalue weighted by Crippen LogP contribution is 2.42. The molecule has 0 aromatic heterocycles. The summed E-state index contributed by atoms with van der Waals surface area (Å²) in [5, 5.41) is 0. The predicted molar refractivity (Wildman–Crippen MR) is 175 cm³/mol. The molecule has 3 rings (SSSR count). The van der Waals surface area contributed by atoms with Crippen LogP contribution in [0.2, 0.25) is 0 Å². The molecular formula is C39H52O. The van der Waals surface area contributed by atoms with Gasteiger partial charge in [-0.2, -0.15) is 0 Å². The van der Waals surface area contributed by atoms with Crippen LogP contribution in [-0.2, 0) is 4.79 Å². The summed E-state index contributed by atoms with van der Waals surface area (Å²) in [7, 11) is 0. The summed E-state index contributed by atoms with van der Waals surface area (Å²) in [6.45, 7) is 18.3. The third-order valence-corrected chi connectivity index (χ3v) is 9.16. The van der Waals surface area contributed by atoms with Crippen molar-refractivity contribution < 1.29 is 4.79 Å². The fourth-order valence-electron chi connectivity index (χ4n) is 6.58. The standard InChI is InChI=1S/C39H52O/c1-30(21-24-36-32(3)18-15-26-38(36,6)7)16-13-19-33-22-23-34(29-40)39(8,28-33)27-12-10-9-11-20-35-31(2)17-14-25-37(35,4)5/h9-13,16,19-24,27,29H,14-15,17-18,25-26,28H2,1-8H3/b10-9+,19-13+,20-11+,24-21+,27-12+,30-16+. The summed E-state index contributed by atoms with van der Waals surface area (Å²) in [6, 6.07) is 0. The van der Waals surface area contributed by atoms with E-state index >= 15 is 0 Å². The molecule has 1 unspecified atom stereocenters. The number of hydrogen-bond donors (Lipinski definition) is 0. The Labute approximate surface area is 245 Å². The molecule has 3 aliphatic rings. The fourth-order valence-corrected chi connectivity index (χ4v) is 6.58. The summed E-state index contributed by atoms with van der Waals surface area (Å²) >= 11 is 0. The van der Waals surface area contributed by atoms with Crippen molar-refractivity contribution >= 4 is 6.29 Å². The first kappa shape index (κ1) is 31.6. The number of allylic oxidation sites excluding steroid dienone is 20. The maximum atomic E-state index is 11.9. The van der Waals surface area contributed by atoms with E-state index in [1.165, 1.54) is 72.0 Å². The van der Waals surface area contributed by atoms with Crippen LogP contribution < -0.4 is 0 Å². The highest BCUT2D eigenvalue weighted by molar-refractivity contribution is 5.78. The van der Waals surface area contributed by atoms with Gasteiger partial charge in [-0.1, -0.05) is 130 Å². The highest BCUT2D eigenvalue weighted by atomic mass is 16.1. The molecule has 0 bridgehead atoms. The van der Waals surface area contributed by atoms with Crippen LogP contribution in [0.4, 0.5) is 0 Å². The van der Waals surface area contributed by atoms with Gasteiger partial charge in [-0.25, -0.2) is 0 Å². The van der Waals surface area contributed by atoms with Crippen LogP contribution in [-0.4, -0.2) is 6.29 Å². The van der Waals surface area contributed by atoms with Crippen LogP contribution in [0.15, 0.2) is 118 Å². The molecule has 1 heteroatoms. The van der Waals surface area contributed by atoms with Crippen molar-refractivity contribution in [3.63, 3.8) is 0 Å². The van der Waals surface area contributed by atoms with Gasteiger partial charge in [-0.3, -0.25) is 4.79 Å². The van der Waals surface area contributed by atoms with E-state index in [4.69, 9.17) is 0 Å². The molecule has 1 nitrogen and oxygen atoms in total. The zero-order valence-corrected chi connectivity index (χ0v) is 26.4. The summed E-state index contributed by atoms with van der Waals surface area (Å²) in [4.78, 5) is 11.9. The smallest absolute Gasteiger partial charge is 0.146 e. The van der Waals surface area contributed by atoms with Gasteiger partial charge >= 0.3 is 0 Å². The molecule has 1 atom stereocenters. The third kappa shape index (κ3) is 8.29. The monoisotopic (exact) mass is 536 g/mol. The number of carbonyl (C=O) groups is 1. The van der Waals surface area contributed by atoms with Gasteiger partial charge in [-0.05, 0) is 93.3 Å². The maximum Gasteiger partial charge on any atom is 0.146 e. The number of hydrogen-bond acceptors (Lipinski definition) is 1. The van der Waals surface area contributed by atoms with E-state index in [9.17, 15) is 4.79 Å². The van der Waals surface area contributed by atoms with Gasteiger partial charge in [0.15, 0.2) is 0 Å². The number of carbonyl (C=O) groups excluding carboxylic acids is 1. The summed E-state index contributed by atoms with van der Waals surface area (Å²) in [5.74, 6) is 0. The van der Waals surface area contributed by atoms with Crippen molar-refractivity contribution in [2.24, 2.45) is 16.2 Å². The lowest BCUT2D eigenvalue weighted by atomic mass is 9.72. The Balaban J connectivity index is 1.64. The summed E-state index contributed by atoms with van der Waals surface area (Å²) in [6.07, 6.45) is 37.3. The molecule has 0 spiro atoms. The average molecular weight is 537 g/mol. The second kappa shape index (κ2) is 13.6. The predicted octanol–water partition coefficient (Wildman–Crippen LogP) is 11.2.